The molecule has 5 nitrogen and oxygen atoms in total. The molecule has 0 bridgehead atoms. The van der Waals surface area contributed by atoms with Crippen molar-refractivity contribution in [1.29, 1.82) is 0 Å². The minimum absolute atomic E-state index is 0.273. The van der Waals surface area contributed by atoms with Crippen molar-refractivity contribution in [2.75, 3.05) is 5.32 Å². The number of aromatic nitrogens is 2. The highest BCUT2D eigenvalue weighted by molar-refractivity contribution is 6.31. The lowest BCUT2D eigenvalue weighted by atomic mass is 10.1. The number of benzene rings is 2. The molecule has 0 saturated heterocycles. The van der Waals surface area contributed by atoms with E-state index < -0.39 is 0 Å². The van der Waals surface area contributed by atoms with Gasteiger partial charge in [0.05, 0.1) is 0 Å². The summed E-state index contributed by atoms with van der Waals surface area (Å²) >= 11 is 6.13. The molecule has 27 heavy (non-hydrogen) atoms. The fourth-order valence-electron chi connectivity index (χ4n) is 2.63. The first kappa shape index (κ1) is 18.9. The van der Waals surface area contributed by atoms with Crippen LogP contribution in [0.3, 0.4) is 0 Å². The number of halogens is 1. The van der Waals surface area contributed by atoms with Gasteiger partial charge in [0.25, 0.3) is 5.91 Å². The van der Waals surface area contributed by atoms with E-state index in [1.807, 2.05) is 30.3 Å². The average molecular weight is 381 g/mol. The summed E-state index contributed by atoms with van der Waals surface area (Å²) in [5.41, 5.74) is 3.33. The van der Waals surface area contributed by atoms with Crippen LogP contribution in [0.2, 0.25) is 5.02 Å². The fourth-order valence-corrected chi connectivity index (χ4v) is 2.83. The summed E-state index contributed by atoms with van der Waals surface area (Å²) in [7, 11) is 0. The zero-order chi connectivity index (χ0) is 19.2. The van der Waals surface area contributed by atoms with Crippen molar-refractivity contribution >= 4 is 29.0 Å². The van der Waals surface area contributed by atoms with Gasteiger partial charge in [-0.15, -0.1) is 0 Å². The van der Waals surface area contributed by atoms with E-state index in [1.54, 1.807) is 19.1 Å². The predicted octanol–water partition coefficient (Wildman–Crippen LogP) is 4.67. The molecule has 6 heteroatoms. The Morgan fingerprint density at radius 3 is 2.52 bits per heavy atom. The Labute approximate surface area is 163 Å². The second-order valence-corrected chi connectivity index (χ2v) is 6.54. The molecule has 0 atom stereocenters. The number of nitrogens with one attached hydrogen (secondary N) is 2. The molecule has 138 valence electrons. The lowest BCUT2D eigenvalue weighted by molar-refractivity contribution is 0.0945. The number of hydrogen-bond donors (Lipinski definition) is 2. The number of hydrogen-bond acceptors (Lipinski definition) is 4. The SMILES string of the molecule is CCc1ccc(Nc2cc(C(=O)NCc3ccccc3Cl)nc(C)n2)cc1. The van der Waals surface area contributed by atoms with Gasteiger partial charge in [0.1, 0.15) is 17.3 Å². The number of anilines is 2. The van der Waals surface area contributed by atoms with Crippen molar-refractivity contribution in [3.05, 3.63) is 82.3 Å². The van der Waals surface area contributed by atoms with E-state index in [1.165, 1.54) is 5.56 Å². The fraction of sp³-hybridized carbons (Fsp3) is 0.190. The van der Waals surface area contributed by atoms with E-state index in [0.717, 1.165) is 17.7 Å². The molecule has 2 aromatic carbocycles. The number of amides is 1. The molecule has 0 aliphatic heterocycles. The molecule has 0 spiro atoms. The standard InChI is InChI=1S/C21H21ClN4O/c1-3-15-8-10-17(11-9-15)26-20-12-19(24-14(2)25-20)21(27)23-13-16-6-4-5-7-18(16)22/h4-12H,3,13H2,1-2H3,(H,23,27)(H,24,25,26). The molecule has 2 N–H and O–H groups in total. The summed E-state index contributed by atoms with van der Waals surface area (Å²) in [4.78, 5) is 21.1. The Hall–Kier alpha value is -2.92. The Morgan fingerprint density at radius 1 is 1.07 bits per heavy atom. The summed E-state index contributed by atoms with van der Waals surface area (Å²) < 4.78 is 0. The summed E-state index contributed by atoms with van der Waals surface area (Å²) in [6, 6.07) is 17.2. The Bertz CT molecular complexity index is 941. The van der Waals surface area contributed by atoms with Crippen molar-refractivity contribution in [2.24, 2.45) is 0 Å². The number of carbonyl (C=O) groups excluding carboxylic acids is 1. The van der Waals surface area contributed by atoms with Crippen LogP contribution in [-0.4, -0.2) is 15.9 Å². The maximum absolute atomic E-state index is 12.5. The van der Waals surface area contributed by atoms with Crippen LogP contribution >= 0.6 is 11.6 Å². The molecule has 0 unspecified atom stereocenters. The molecular weight excluding hydrogens is 360 g/mol. The maximum atomic E-state index is 12.5. The zero-order valence-electron chi connectivity index (χ0n) is 15.3. The van der Waals surface area contributed by atoms with Crippen LogP contribution in [0.1, 0.15) is 34.4 Å². The van der Waals surface area contributed by atoms with Gasteiger partial charge in [-0.1, -0.05) is 48.9 Å². The van der Waals surface area contributed by atoms with Gasteiger partial charge in [0.15, 0.2) is 0 Å². The molecule has 0 aliphatic rings. The van der Waals surface area contributed by atoms with Gasteiger partial charge in [-0.25, -0.2) is 9.97 Å². The van der Waals surface area contributed by atoms with Gasteiger partial charge >= 0.3 is 0 Å². The van der Waals surface area contributed by atoms with Crippen LogP contribution in [0, 0.1) is 6.92 Å². The monoisotopic (exact) mass is 380 g/mol. The Kier molecular flexibility index (Phi) is 6.04. The van der Waals surface area contributed by atoms with Crippen molar-refractivity contribution in [2.45, 2.75) is 26.8 Å². The molecule has 3 aromatic rings. The molecular formula is C21H21ClN4O. The molecule has 0 fully saturated rings. The van der Waals surface area contributed by atoms with E-state index in [4.69, 9.17) is 11.6 Å². The Morgan fingerprint density at radius 2 is 1.81 bits per heavy atom. The van der Waals surface area contributed by atoms with Gasteiger partial charge in [-0.2, -0.15) is 0 Å². The summed E-state index contributed by atoms with van der Waals surface area (Å²) in [6.45, 7) is 4.21. The second kappa shape index (κ2) is 8.64. The highest BCUT2D eigenvalue weighted by Gasteiger charge is 2.11. The number of aryl methyl sites for hydroxylation is 2. The first-order valence-electron chi connectivity index (χ1n) is 8.78. The predicted molar refractivity (Wildman–Crippen MR) is 108 cm³/mol. The van der Waals surface area contributed by atoms with Crippen LogP contribution in [0.25, 0.3) is 0 Å². The number of nitrogens with zero attached hydrogens (tertiary/aromatic N) is 2. The molecule has 0 radical (unpaired) electrons. The van der Waals surface area contributed by atoms with E-state index >= 15 is 0 Å². The highest BCUT2D eigenvalue weighted by atomic mass is 35.5. The minimum Gasteiger partial charge on any atom is -0.347 e. The summed E-state index contributed by atoms with van der Waals surface area (Å²) in [6.07, 6.45) is 0.989. The summed E-state index contributed by atoms with van der Waals surface area (Å²) in [5.74, 6) is 0.826. The molecule has 1 amide bonds. The molecule has 0 aliphatic carbocycles. The molecule has 1 heterocycles. The van der Waals surface area contributed by atoms with Crippen LogP contribution in [-0.2, 0) is 13.0 Å². The minimum atomic E-state index is -0.273. The molecule has 3 rings (SSSR count). The lowest BCUT2D eigenvalue weighted by Gasteiger charge is -2.10. The van der Waals surface area contributed by atoms with Crippen molar-refractivity contribution in [3.63, 3.8) is 0 Å². The maximum Gasteiger partial charge on any atom is 0.270 e. The lowest BCUT2D eigenvalue weighted by Crippen LogP contribution is -2.24. The first-order valence-corrected chi connectivity index (χ1v) is 9.16. The zero-order valence-corrected chi connectivity index (χ0v) is 16.0. The number of rotatable bonds is 6. The van der Waals surface area contributed by atoms with E-state index in [2.05, 4.69) is 39.7 Å². The first-order chi connectivity index (χ1) is 13.0. The van der Waals surface area contributed by atoms with Gasteiger partial charge in [0, 0.05) is 23.3 Å². The van der Waals surface area contributed by atoms with Crippen LogP contribution in [0.4, 0.5) is 11.5 Å². The second-order valence-electron chi connectivity index (χ2n) is 6.14. The van der Waals surface area contributed by atoms with E-state index in [-0.39, 0.29) is 5.91 Å². The van der Waals surface area contributed by atoms with Crippen molar-refractivity contribution in [3.8, 4) is 0 Å². The topological polar surface area (TPSA) is 66.9 Å². The van der Waals surface area contributed by atoms with Crippen molar-refractivity contribution < 1.29 is 4.79 Å². The third-order valence-corrected chi connectivity index (χ3v) is 4.47. The quantitative estimate of drug-likeness (QED) is 0.651. The number of carbonyl (C=O) groups is 1. The summed E-state index contributed by atoms with van der Waals surface area (Å²) in [5, 5.41) is 6.69. The normalized spacial score (nSPS) is 10.5. The molecule has 1 aromatic heterocycles. The average Bonchev–Trinajstić information content (AvgIpc) is 2.67. The van der Waals surface area contributed by atoms with Gasteiger partial charge in [0.2, 0.25) is 0 Å². The van der Waals surface area contributed by atoms with E-state index in [9.17, 15) is 4.79 Å². The van der Waals surface area contributed by atoms with Gasteiger partial charge in [-0.05, 0) is 42.7 Å². The van der Waals surface area contributed by atoms with Gasteiger partial charge < -0.3 is 10.6 Å². The third-order valence-electron chi connectivity index (χ3n) is 4.10. The van der Waals surface area contributed by atoms with Gasteiger partial charge in [-0.3, -0.25) is 4.79 Å². The highest BCUT2D eigenvalue weighted by Crippen LogP contribution is 2.17. The van der Waals surface area contributed by atoms with Crippen LogP contribution < -0.4 is 10.6 Å². The Balaban J connectivity index is 1.72. The largest absolute Gasteiger partial charge is 0.347 e. The van der Waals surface area contributed by atoms with E-state index in [0.29, 0.717) is 28.9 Å². The third kappa shape index (κ3) is 5.05. The van der Waals surface area contributed by atoms with Crippen LogP contribution in [0.5, 0.6) is 0 Å². The smallest absolute Gasteiger partial charge is 0.270 e. The molecule has 0 saturated carbocycles. The van der Waals surface area contributed by atoms with Crippen LogP contribution in [0.15, 0.2) is 54.6 Å². The van der Waals surface area contributed by atoms with Crippen molar-refractivity contribution in [1.82, 2.24) is 15.3 Å².